The SMILES string of the molecule is O=[N+]([O-])OC1CCCCCCCCCCC1. The summed E-state index contributed by atoms with van der Waals surface area (Å²) in [5.74, 6) is 0. The zero-order valence-corrected chi connectivity index (χ0v) is 10.0. The summed E-state index contributed by atoms with van der Waals surface area (Å²) >= 11 is 0. The van der Waals surface area contributed by atoms with Gasteiger partial charge in [-0.15, -0.1) is 10.1 Å². The van der Waals surface area contributed by atoms with Crippen LogP contribution in [0, 0.1) is 10.1 Å². The summed E-state index contributed by atoms with van der Waals surface area (Å²) in [6.45, 7) is 0. The molecule has 0 atom stereocenters. The standard InChI is InChI=1S/C12H23NO3/c14-13(15)16-12-10-8-6-4-2-1-3-5-7-9-11-12/h12H,1-11H2. The molecule has 0 unspecified atom stereocenters. The molecule has 4 heteroatoms. The Morgan fingerprint density at radius 2 is 1.19 bits per heavy atom. The molecular formula is C12H23NO3. The molecule has 0 aliphatic heterocycles. The van der Waals surface area contributed by atoms with E-state index in [0.717, 1.165) is 25.7 Å². The van der Waals surface area contributed by atoms with Crippen LogP contribution in [-0.2, 0) is 4.84 Å². The van der Waals surface area contributed by atoms with Crippen molar-refractivity contribution >= 4 is 0 Å². The molecule has 0 radical (unpaired) electrons. The largest absolute Gasteiger partial charge is 0.311 e. The lowest BCUT2D eigenvalue weighted by Crippen LogP contribution is -2.17. The van der Waals surface area contributed by atoms with Crippen molar-refractivity contribution in [1.29, 1.82) is 0 Å². The first-order chi connectivity index (χ1) is 7.79. The second-order valence-electron chi connectivity index (χ2n) is 4.71. The molecule has 1 rings (SSSR count). The van der Waals surface area contributed by atoms with Crippen molar-refractivity contribution in [2.75, 3.05) is 0 Å². The van der Waals surface area contributed by atoms with Gasteiger partial charge in [0.2, 0.25) is 0 Å². The van der Waals surface area contributed by atoms with Gasteiger partial charge in [0.15, 0.2) is 0 Å². The lowest BCUT2D eigenvalue weighted by atomic mass is 9.99. The van der Waals surface area contributed by atoms with Crippen LogP contribution in [0.1, 0.15) is 70.6 Å². The fraction of sp³-hybridized carbons (Fsp3) is 1.00. The Morgan fingerprint density at radius 1 is 0.812 bits per heavy atom. The number of nitrogens with zero attached hydrogens (tertiary/aromatic N) is 1. The molecule has 1 fully saturated rings. The van der Waals surface area contributed by atoms with Gasteiger partial charge in [-0.1, -0.05) is 57.8 Å². The first-order valence-corrected chi connectivity index (χ1v) is 6.60. The number of rotatable bonds is 2. The Balaban J connectivity index is 2.27. The van der Waals surface area contributed by atoms with E-state index in [1.165, 1.54) is 44.9 Å². The maximum atomic E-state index is 10.3. The summed E-state index contributed by atoms with van der Waals surface area (Å²) in [6.07, 6.45) is 12.6. The summed E-state index contributed by atoms with van der Waals surface area (Å²) in [5.41, 5.74) is 0. The maximum absolute atomic E-state index is 10.3. The predicted molar refractivity (Wildman–Crippen MR) is 62.7 cm³/mol. The van der Waals surface area contributed by atoms with E-state index in [1.807, 2.05) is 0 Å². The third-order valence-electron chi connectivity index (χ3n) is 3.29. The Hall–Kier alpha value is -0.800. The van der Waals surface area contributed by atoms with E-state index in [4.69, 9.17) is 4.84 Å². The molecule has 4 nitrogen and oxygen atoms in total. The van der Waals surface area contributed by atoms with Crippen molar-refractivity contribution in [2.45, 2.75) is 76.7 Å². The summed E-state index contributed by atoms with van der Waals surface area (Å²) in [7, 11) is 0. The zero-order valence-electron chi connectivity index (χ0n) is 10.0. The van der Waals surface area contributed by atoms with Crippen LogP contribution < -0.4 is 0 Å². The van der Waals surface area contributed by atoms with E-state index >= 15 is 0 Å². The molecule has 1 aliphatic carbocycles. The molecule has 16 heavy (non-hydrogen) atoms. The average molecular weight is 229 g/mol. The van der Waals surface area contributed by atoms with Crippen molar-refractivity contribution in [1.82, 2.24) is 0 Å². The van der Waals surface area contributed by atoms with E-state index in [9.17, 15) is 10.1 Å². The maximum Gasteiger partial charge on any atom is 0.294 e. The van der Waals surface area contributed by atoms with Crippen LogP contribution in [0.15, 0.2) is 0 Å². The molecule has 0 amide bonds. The van der Waals surface area contributed by atoms with Gasteiger partial charge in [-0.25, -0.2) is 0 Å². The van der Waals surface area contributed by atoms with Gasteiger partial charge in [0.25, 0.3) is 5.09 Å². The quantitative estimate of drug-likeness (QED) is 0.533. The predicted octanol–water partition coefficient (Wildman–Crippen LogP) is 3.87. The Morgan fingerprint density at radius 3 is 1.56 bits per heavy atom. The smallest absolute Gasteiger partial charge is 0.294 e. The second-order valence-corrected chi connectivity index (χ2v) is 4.71. The van der Waals surface area contributed by atoms with Crippen LogP contribution in [-0.4, -0.2) is 11.2 Å². The molecule has 0 heterocycles. The molecule has 0 aromatic heterocycles. The highest BCUT2D eigenvalue weighted by atomic mass is 17.0. The first-order valence-electron chi connectivity index (χ1n) is 6.60. The van der Waals surface area contributed by atoms with Gasteiger partial charge in [0.1, 0.15) is 6.10 Å². The lowest BCUT2D eigenvalue weighted by Gasteiger charge is -2.15. The average Bonchev–Trinajstić information content (AvgIpc) is 2.21. The number of hydrogen-bond acceptors (Lipinski definition) is 3. The highest BCUT2D eigenvalue weighted by molar-refractivity contribution is 4.59. The van der Waals surface area contributed by atoms with Crippen LogP contribution in [0.25, 0.3) is 0 Å². The van der Waals surface area contributed by atoms with Gasteiger partial charge in [-0.05, 0) is 12.8 Å². The highest BCUT2D eigenvalue weighted by Crippen LogP contribution is 2.18. The Kier molecular flexibility index (Phi) is 6.93. The van der Waals surface area contributed by atoms with E-state index in [2.05, 4.69) is 0 Å². The van der Waals surface area contributed by atoms with Gasteiger partial charge in [-0.3, -0.25) is 0 Å². The first kappa shape index (κ1) is 13.3. The van der Waals surface area contributed by atoms with Crippen molar-refractivity contribution < 1.29 is 9.92 Å². The fourth-order valence-corrected chi connectivity index (χ4v) is 2.35. The lowest BCUT2D eigenvalue weighted by molar-refractivity contribution is -0.769. The zero-order chi connectivity index (χ0) is 11.6. The third-order valence-corrected chi connectivity index (χ3v) is 3.29. The molecule has 0 saturated heterocycles. The molecule has 0 N–H and O–H groups in total. The van der Waals surface area contributed by atoms with E-state index in [-0.39, 0.29) is 6.10 Å². The molecule has 94 valence electrons. The second kappa shape index (κ2) is 8.36. The van der Waals surface area contributed by atoms with E-state index in [1.54, 1.807) is 0 Å². The molecule has 0 aromatic carbocycles. The van der Waals surface area contributed by atoms with Gasteiger partial charge < -0.3 is 4.84 Å². The normalized spacial score (nSPS) is 21.8. The molecule has 0 aromatic rings. The molecule has 0 bridgehead atoms. The van der Waals surface area contributed by atoms with Crippen LogP contribution >= 0.6 is 0 Å². The van der Waals surface area contributed by atoms with Gasteiger partial charge >= 0.3 is 0 Å². The van der Waals surface area contributed by atoms with Crippen molar-refractivity contribution in [3.8, 4) is 0 Å². The van der Waals surface area contributed by atoms with Crippen molar-refractivity contribution in [2.24, 2.45) is 0 Å². The summed E-state index contributed by atoms with van der Waals surface area (Å²) < 4.78 is 0. The Bertz CT molecular complexity index is 185. The minimum absolute atomic E-state index is 0.158. The highest BCUT2D eigenvalue weighted by Gasteiger charge is 2.13. The van der Waals surface area contributed by atoms with Gasteiger partial charge in [-0.2, -0.15) is 0 Å². The van der Waals surface area contributed by atoms with Crippen molar-refractivity contribution in [3.05, 3.63) is 10.1 Å². The summed E-state index contributed by atoms with van der Waals surface area (Å²) in [6, 6.07) is 0. The van der Waals surface area contributed by atoms with E-state index < -0.39 is 5.09 Å². The minimum Gasteiger partial charge on any atom is -0.311 e. The van der Waals surface area contributed by atoms with Crippen LogP contribution in [0.4, 0.5) is 0 Å². The van der Waals surface area contributed by atoms with Crippen LogP contribution in [0.2, 0.25) is 0 Å². The summed E-state index contributed by atoms with van der Waals surface area (Å²) in [5, 5.41) is 9.70. The van der Waals surface area contributed by atoms with Crippen molar-refractivity contribution in [3.63, 3.8) is 0 Å². The Labute approximate surface area is 97.5 Å². The third kappa shape index (κ3) is 6.64. The van der Waals surface area contributed by atoms with Crippen LogP contribution in [0.5, 0.6) is 0 Å². The van der Waals surface area contributed by atoms with Gasteiger partial charge in [0, 0.05) is 0 Å². The topological polar surface area (TPSA) is 52.4 Å². The monoisotopic (exact) mass is 229 g/mol. The fourth-order valence-electron chi connectivity index (χ4n) is 2.35. The molecule has 1 aliphatic rings. The van der Waals surface area contributed by atoms with Gasteiger partial charge in [0.05, 0.1) is 0 Å². The molecular weight excluding hydrogens is 206 g/mol. The van der Waals surface area contributed by atoms with Crippen LogP contribution in [0.3, 0.4) is 0 Å². The number of hydrogen-bond donors (Lipinski definition) is 0. The molecule has 0 spiro atoms. The van der Waals surface area contributed by atoms with E-state index in [0.29, 0.717) is 0 Å². The minimum atomic E-state index is -0.628. The summed E-state index contributed by atoms with van der Waals surface area (Å²) in [4.78, 5) is 15.0. The molecule has 1 saturated carbocycles.